The van der Waals surface area contributed by atoms with E-state index in [1.54, 1.807) is 24.6 Å². The third-order valence-corrected chi connectivity index (χ3v) is 6.59. The number of alkyl halides is 3. The summed E-state index contributed by atoms with van der Waals surface area (Å²) < 4.78 is 41.5. The SMILES string of the molecule is Cc1nc(C2CCC(C(F)(F)F)CC2)n(-c2ccc3scnc3c2)c(=O)c1Cl. The highest BCUT2D eigenvalue weighted by atomic mass is 35.5. The van der Waals surface area contributed by atoms with Crippen molar-refractivity contribution in [3.05, 3.63) is 50.6 Å². The number of benzene rings is 1. The number of hydrogen-bond donors (Lipinski definition) is 0. The van der Waals surface area contributed by atoms with Gasteiger partial charge < -0.3 is 0 Å². The first-order valence-corrected chi connectivity index (χ1v) is 10.2. The van der Waals surface area contributed by atoms with Crippen molar-refractivity contribution in [2.75, 3.05) is 0 Å². The minimum atomic E-state index is -4.18. The van der Waals surface area contributed by atoms with E-state index >= 15 is 0 Å². The van der Waals surface area contributed by atoms with E-state index in [0.29, 0.717) is 30.0 Å². The Kier molecular flexibility index (Phi) is 4.95. The Morgan fingerprint density at radius 3 is 2.61 bits per heavy atom. The van der Waals surface area contributed by atoms with Crippen LogP contribution in [-0.2, 0) is 0 Å². The molecule has 1 saturated carbocycles. The molecule has 0 spiro atoms. The van der Waals surface area contributed by atoms with E-state index in [1.165, 1.54) is 15.9 Å². The van der Waals surface area contributed by atoms with Gasteiger partial charge in [-0.25, -0.2) is 9.97 Å². The molecule has 1 aromatic carbocycles. The highest BCUT2D eigenvalue weighted by molar-refractivity contribution is 7.16. The Balaban J connectivity index is 1.78. The van der Waals surface area contributed by atoms with Crippen LogP contribution in [0.5, 0.6) is 0 Å². The van der Waals surface area contributed by atoms with Crippen molar-refractivity contribution >= 4 is 33.2 Å². The maximum atomic E-state index is 13.0. The van der Waals surface area contributed by atoms with Gasteiger partial charge >= 0.3 is 6.18 Å². The molecule has 9 heteroatoms. The summed E-state index contributed by atoms with van der Waals surface area (Å²) >= 11 is 7.65. The molecule has 0 aliphatic heterocycles. The first kappa shape index (κ1) is 19.4. The molecule has 0 N–H and O–H groups in total. The lowest BCUT2D eigenvalue weighted by atomic mass is 9.81. The smallest absolute Gasteiger partial charge is 0.267 e. The van der Waals surface area contributed by atoms with Crippen molar-refractivity contribution in [3.8, 4) is 5.69 Å². The lowest BCUT2D eigenvalue weighted by Crippen LogP contribution is -2.31. The average molecular weight is 428 g/mol. The van der Waals surface area contributed by atoms with Gasteiger partial charge in [-0.2, -0.15) is 13.2 Å². The minimum Gasteiger partial charge on any atom is -0.267 e. The Bertz CT molecular complexity index is 1080. The van der Waals surface area contributed by atoms with Gasteiger partial charge in [-0.1, -0.05) is 11.6 Å². The third-order valence-electron chi connectivity index (χ3n) is 5.35. The molecule has 1 aliphatic carbocycles. The van der Waals surface area contributed by atoms with Crippen LogP contribution in [0.2, 0.25) is 5.02 Å². The van der Waals surface area contributed by atoms with Gasteiger partial charge in [0.1, 0.15) is 10.8 Å². The zero-order valence-electron chi connectivity index (χ0n) is 15.0. The molecule has 2 aromatic heterocycles. The van der Waals surface area contributed by atoms with Gasteiger partial charge in [0.05, 0.1) is 33.0 Å². The highest BCUT2D eigenvalue weighted by Gasteiger charge is 2.42. The van der Waals surface area contributed by atoms with Crippen LogP contribution in [0.3, 0.4) is 0 Å². The topological polar surface area (TPSA) is 47.8 Å². The predicted octanol–water partition coefficient (Wildman–Crippen LogP) is 5.64. The number of aromatic nitrogens is 3. The summed E-state index contributed by atoms with van der Waals surface area (Å²) in [5.41, 5.74) is 3.03. The molecular formula is C19H17ClF3N3OS. The predicted molar refractivity (Wildman–Crippen MR) is 104 cm³/mol. The summed E-state index contributed by atoms with van der Waals surface area (Å²) in [4.78, 5) is 21.7. The summed E-state index contributed by atoms with van der Waals surface area (Å²) in [6.07, 6.45) is -3.44. The van der Waals surface area contributed by atoms with Crippen molar-refractivity contribution in [3.63, 3.8) is 0 Å². The zero-order valence-corrected chi connectivity index (χ0v) is 16.5. The molecule has 1 aliphatic rings. The lowest BCUT2D eigenvalue weighted by Gasteiger charge is -2.30. The summed E-state index contributed by atoms with van der Waals surface area (Å²) in [7, 11) is 0. The fourth-order valence-electron chi connectivity index (χ4n) is 3.82. The molecule has 3 aromatic rings. The Morgan fingerprint density at radius 2 is 1.93 bits per heavy atom. The normalized spacial score (nSPS) is 20.6. The summed E-state index contributed by atoms with van der Waals surface area (Å²) in [6, 6.07) is 5.44. The largest absolute Gasteiger partial charge is 0.391 e. The average Bonchev–Trinajstić information content (AvgIpc) is 3.13. The van der Waals surface area contributed by atoms with Gasteiger partial charge in [0, 0.05) is 5.92 Å². The lowest BCUT2D eigenvalue weighted by molar-refractivity contribution is -0.182. The van der Waals surface area contributed by atoms with Crippen molar-refractivity contribution in [1.82, 2.24) is 14.5 Å². The van der Waals surface area contributed by atoms with Crippen LogP contribution in [-0.4, -0.2) is 20.7 Å². The van der Waals surface area contributed by atoms with Gasteiger partial charge in [-0.3, -0.25) is 9.36 Å². The summed E-state index contributed by atoms with van der Waals surface area (Å²) in [5, 5.41) is 0.0195. The first-order valence-electron chi connectivity index (χ1n) is 8.95. The Morgan fingerprint density at radius 1 is 1.21 bits per heavy atom. The van der Waals surface area contributed by atoms with Gasteiger partial charge in [0.2, 0.25) is 0 Å². The Hall–Kier alpha value is -1.93. The van der Waals surface area contributed by atoms with Crippen LogP contribution in [0.25, 0.3) is 15.9 Å². The summed E-state index contributed by atoms with van der Waals surface area (Å²) in [6.45, 7) is 1.64. The molecule has 2 heterocycles. The van der Waals surface area contributed by atoms with Crippen LogP contribution in [0.1, 0.15) is 43.1 Å². The van der Waals surface area contributed by atoms with Crippen LogP contribution < -0.4 is 5.56 Å². The molecule has 0 radical (unpaired) electrons. The van der Waals surface area contributed by atoms with Gasteiger partial charge in [-0.05, 0) is 50.8 Å². The van der Waals surface area contributed by atoms with E-state index in [2.05, 4.69) is 9.97 Å². The molecule has 4 nitrogen and oxygen atoms in total. The first-order chi connectivity index (χ1) is 13.3. The molecule has 0 saturated heterocycles. The number of nitrogens with zero attached hydrogens (tertiary/aromatic N) is 3. The second kappa shape index (κ2) is 7.15. The van der Waals surface area contributed by atoms with E-state index in [0.717, 1.165) is 10.2 Å². The van der Waals surface area contributed by atoms with E-state index in [4.69, 9.17) is 11.6 Å². The van der Waals surface area contributed by atoms with Crippen LogP contribution in [0.4, 0.5) is 13.2 Å². The number of halogens is 4. The fraction of sp³-hybridized carbons (Fsp3) is 0.421. The van der Waals surface area contributed by atoms with Crippen molar-refractivity contribution < 1.29 is 13.2 Å². The Labute approximate surface area is 168 Å². The van der Waals surface area contributed by atoms with E-state index in [1.807, 2.05) is 6.07 Å². The maximum Gasteiger partial charge on any atom is 0.391 e. The molecule has 28 heavy (non-hydrogen) atoms. The number of rotatable bonds is 2. The molecule has 0 amide bonds. The molecule has 0 unspecified atom stereocenters. The third kappa shape index (κ3) is 3.43. The monoisotopic (exact) mass is 427 g/mol. The minimum absolute atomic E-state index is 0.0195. The number of aryl methyl sites for hydroxylation is 1. The number of hydrogen-bond acceptors (Lipinski definition) is 4. The second-order valence-electron chi connectivity index (χ2n) is 7.10. The van der Waals surface area contributed by atoms with Crippen molar-refractivity contribution in [1.29, 1.82) is 0 Å². The highest BCUT2D eigenvalue weighted by Crippen LogP contribution is 2.42. The van der Waals surface area contributed by atoms with Crippen LogP contribution in [0, 0.1) is 12.8 Å². The van der Waals surface area contributed by atoms with E-state index < -0.39 is 17.7 Å². The second-order valence-corrected chi connectivity index (χ2v) is 8.37. The quantitative estimate of drug-likeness (QED) is 0.531. The molecule has 4 rings (SSSR count). The van der Waals surface area contributed by atoms with Gasteiger partial charge in [0.25, 0.3) is 5.56 Å². The number of fused-ring (bicyclic) bond motifs is 1. The van der Waals surface area contributed by atoms with E-state index in [-0.39, 0.29) is 23.8 Å². The van der Waals surface area contributed by atoms with Gasteiger partial charge in [-0.15, -0.1) is 11.3 Å². The van der Waals surface area contributed by atoms with Crippen LogP contribution in [0.15, 0.2) is 28.5 Å². The van der Waals surface area contributed by atoms with E-state index in [9.17, 15) is 18.0 Å². The molecule has 0 atom stereocenters. The van der Waals surface area contributed by atoms with Crippen LogP contribution >= 0.6 is 22.9 Å². The zero-order chi connectivity index (χ0) is 20.1. The van der Waals surface area contributed by atoms with Gasteiger partial charge in [0.15, 0.2) is 0 Å². The number of thiazole rings is 1. The molecule has 1 fully saturated rings. The fourth-order valence-corrected chi connectivity index (χ4v) is 4.60. The summed E-state index contributed by atoms with van der Waals surface area (Å²) in [5.74, 6) is -1.04. The molecular weight excluding hydrogens is 411 g/mol. The maximum absolute atomic E-state index is 13.0. The van der Waals surface area contributed by atoms with Crippen molar-refractivity contribution in [2.45, 2.75) is 44.7 Å². The van der Waals surface area contributed by atoms with Crippen molar-refractivity contribution in [2.24, 2.45) is 5.92 Å². The standard InChI is InChI=1S/C19H17ClF3N3OS/c1-10-16(20)18(27)26(13-6-7-15-14(8-13)24-9-28-15)17(25-10)11-2-4-12(5-3-11)19(21,22)23/h6-9,11-12H,2-5H2,1H3. The molecule has 0 bridgehead atoms. The molecule has 148 valence electrons.